The quantitative estimate of drug-likeness (QED) is 0.636. The molecule has 134 valence electrons. The number of carboxylic acids is 1. The van der Waals surface area contributed by atoms with Gasteiger partial charge in [-0.3, -0.25) is 9.59 Å². The van der Waals surface area contributed by atoms with Crippen molar-refractivity contribution < 1.29 is 14.7 Å². The van der Waals surface area contributed by atoms with Crippen molar-refractivity contribution in [2.45, 2.75) is 39.5 Å². The topological polar surface area (TPSA) is 66.4 Å². The van der Waals surface area contributed by atoms with Crippen molar-refractivity contribution in [2.24, 2.45) is 5.92 Å². The van der Waals surface area contributed by atoms with Gasteiger partial charge in [-0.1, -0.05) is 47.1 Å². The Morgan fingerprint density at radius 1 is 1.24 bits per heavy atom. The second kappa shape index (κ2) is 8.99. The number of carbonyl (C=O) groups excluding carboxylic acids is 1. The summed E-state index contributed by atoms with van der Waals surface area (Å²) in [4.78, 5) is 22.5. The number of benzene rings is 2. The second-order valence-electron chi connectivity index (χ2n) is 6.55. The Balaban J connectivity index is 1.98. The molecular formula is C20H24BrNO3. The number of aliphatic carboxylic acids is 1. The minimum absolute atomic E-state index is 0.0200. The number of hydrogen-bond acceptors (Lipinski definition) is 2. The van der Waals surface area contributed by atoms with Crippen molar-refractivity contribution in [3.63, 3.8) is 0 Å². The molecule has 0 aliphatic carbocycles. The van der Waals surface area contributed by atoms with Gasteiger partial charge in [0.25, 0.3) is 0 Å². The van der Waals surface area contributed by atoms with Crippen LogP contribution in [0.4, 0.5) is 0 Å². The molecule has 1 amide bonds. The monoisotopic (exact) mass is 405 g/mol. The molecule has 0 aliphatic heterocycles. The maximum absolute atomic E-state index is 12.0. The van der Waals surface area contributed by atoms with Crippen LogP contribution in [0.25, 0.3) is 10.8 Å². The zero-order valence-electron chi connectivity index (χ0n) is 14.6. The third-order valence-corrected chi connectivity index (χ3v) is 5.15. The number of carbonyl (C=O) groups is 2. The molecule has 0 bridgehead atoms. The van der Waals surface area contributed by atoms with Gasteiger partial charge in [-0.05, 0) is 53.6 Å². The number of aryl methyl sites for hydroxylation is 1. The van der Waals surface area contributed by atoms with E-state index in [0.717, 1.165) is 10.9 Å². The average molecular weight is 406 g/mol. The van der Waals surface area contributed by atoms with E-state index in [-0.39, 0.29) is 18.2 Å². The number of rotatable bonds is 8. The highest BCUT2D eigenvalue weighted by Crippen LogP contribution is 2.30. The van der Waals surface area contributed by atoms with Crippen LogP contribution < -0.4 is 5.32 Å². The van der Waals surface area contributed by atoms with Gasteiger partial charge in [0.15, 0.2) is 0 Å². The molecule has 0 heterocycles. The predicted octanol–water partition coefficient (Wildman–Crippen LogP) is 4.46. The molecule has 0 fully saturated rings. The molecule has 2 aromatic rings. The zero-order valence-corrected chi connectivity index (χ0v) is 16.2. The first-order chi connectivity index (χ1) is 11.9. The normalized spacial score (nSPS) is 12.1. The number of hydrogen-bond donors (Lipinski definition) is 2. The Kier molecular flexibility index (Phi) is 7.00. The van der Waals surface area contributed by atoms with Crippen molar-refractivity contribution in [1.82, 2.24) is 5.32 Å². The van der Waals surface area contributed by atoms with Crippen molar-refractivity contribution in [3.8, 4) is 0 Å². The van der Waals surface area contributed by atoms with Crippen LogP contribution in [0.5, 0.6) is 0 Å². The molecule has 2 N–H and O–H groups in total. The summed E-state index contributed by atoms with van der Waals surface area (Å²) >= 11 is 3.63. The van der Waals surface area contributed by atoms with Gasteiger partial charge in [0.2, 0.25) is 5.91 Å². The van der Waals surface area contributed by atoms with E-state index in [4.69, 9.17) is 5.11 Å². The van der Waals surface area contributed by atoms with Crippen LogP contribution in [-0.2, 0) is 16.0 Å². The highest BCUT2D eigenvalue weighted by Gasteiger charge is 2.13. The van der Waals surface area contributed by atoms with Gasteiger partial charge in [-0.2, -0.15) is 0 Å². The molecule has 2 rings (SSSR count). The maximum atomic E-state index is 12.0. The van der Waals surface area contributed by atoms with Crippen LogP contribution in [0.15, 0.2) is 34.8 Å². The second-order valence-corrected chi connectivity index (χ2v) is 7.40. The Bertz CT molecular complexity index is 773. The molecule has 0 spiro atoms. The van der Waals surface area contributed by atoms with E-state index in [1.165, 1.54) is 21.9 Å². The van der Waals surface area contributed by atoms with Crippen LogP contribution in [-0.4, -0.2) is 23.5 Å². The summed E-state index contributed by atoms with van der Waals surface area (Å²) < 4.78 is 1.09. The summed E-state index contributed by atoms with van der Waals surface area (Å²) in [6.07, 6.45) is 1.80. The minimum atomic E-state index is -0.834. The average Bonchev–Trinajstić information content (AvgIpc) is 2.56. The molecule has 0 aliphatic rings. The van der Waals surface area contributed by atoms with E-state index in [9.17, 15) is 9.59 Å². The Morgan fingerprint density at radius 3 is 2.60 bits per heavy atom. The van der Waals surface area contributed by atoms with Crippen molar-refractivity contribution in [3.05, 3.63) is 45.9 Å². The van der Waals surface area contributed by atoms with Crippen LogP contribution in [0.3, 0.4) is 0 Å². The summed E-state index contributed by atoms with van der Waals surface area (Å²) in [5.74, 6) is -0.648. The number of amides is 1. The highest BCUT2D eigenvalue weighted by atomic mass is 79.9. The van der Waals surface area contributed by atoms with Gasteiger partial charge in [0.05, 0.1) is 0 Å². The largest absolute Gasteiger partial charge is 0.481 e. The lowest BCUT2D eigenvalue weighted by Gasteiger charge is -2.15. The van der Waals surface area contributed by atoms with Crippen molar-refractivity contribution in [2.75, 3.05) is 6.54 Å². The van der Waals surface area contributed by atoms with E-state index >= 15 is 0 Å². The zero-order chi connectivity index (χ0) is 18.4. The van der Waals surface area contributed by atoms with Crippen LogP contribution in [0, 0.1) is 12.8 Å². The highest BCUT2D eigenvalue weighted by molar-refractivity contribution is 9.10. The summed E-state index contributed by atoms with van der Waals surface area (Å²) in [5, 5.41) is 13.9. The number of nitrogens with one attached hydrogen (secondary N) is 1. The molecule has 0 saturated heterocycles. The van der Waals surface area contributed by atoms with E-state index < -0.39 is 5.97 Å². The summed E-state index contributed by atoms with van der Waals surface area (Å²) in [6.45, 7) is 4.58. The van der Waals surface area contributed by atoms with Crippen LogP contribution in [0.2, 0.25) is 0 Å². The molecule has 5 heteroatoms. The smallest absolute Gasteiger partial charge is 0.303 e. The predicted molar refractivity (Wildman–Crippen MR) is 104 cm³/mol. The van der Waals surface area contributed by atoms with Crippen LogP contribution >= 0.6 is 15.9 Å². The molecule has 25 heavy (non-hydrogen) atoms. The number of carboxylic acid groups (broad SMARTS) is 1. The molecule has 4 nitrogen and oxygen atoms in total. The summed E-state index contributed by atoms with van der Waals surface area (Å²) in [5.41, 5.74) is 2.46. The molecule has 1 unspecified atom stereocenters. The fourth-order valence-electron chi connectivity index (χ4n) is 3.03. The van der Waals surface area contributed by atoms with Gasteiger partial charge in [-0.25, -0.2) is 0 Å². The molecule has 0 radical (unpaired) electrons. The molecule has 2 aromatic carbocycles. The van der Waals surface area contributed by atoms with Crippen molar-refractivity contribution >= 4 is 38.6 Å². The fourth-order valence-corrected chi connectivity index (χ4v) is 3.52. The third kappa shape index (κ3) is 5.56. The van der Waals surface area contributed by atoms with Gasteiger partial charge < -0.3 is 10.4 Å². The van der Waals surface area contributed by atoms with E-state index in [1.807, 2.05) is 12.1 Å². The molecule has 0 aromatic heterocycles. The van der Waals surface area contributed by atoms with E-state index in [2.05, 4.69) is 53.3 Å². The maximum Gasteiger partial charge on any atom is 0.303 e. The van der Waals surface area contributed by atoms with Crippen molar-refractivity contribution in [1.29, 1.82) is 0 Å². The van der Waals surface area contributed by atoms with Gasteiger partial charge in [0.1, 0.15) is 0 Å². The molecular weight excluding hydrogens is 382 g/mol. The number of fused-ring (bicyclic) bond motifs is 1. The summed E-state index contributed by atoms with van der Waals surface area (Å²) in [7, 11) is 0. The first-order valence-corrected chi connectivity index (χ1v) is 9.33. The standard InChI is InChI=1S/C20H24BrNO3/c1-13(11-19(23)22-9-5-8-20(24)25)10-15-12-18(21)14(2)16-6-3-4-7-17(15)16/h3-4,6-7,12-13H,5,8-11H2,1-2H3,(H,22,23)(H,24,25). The first-order valence-electron chi connectivity index (χ1n) is 8.53. The molecule has 0 saturated carbocycles. The Labute approximate surface area is 156 Å². The third-order valence-electron chi connectivity index (χ3n) is 4.33. The number of halogens is 1. The van der Waals surface area contributed by atoms with Gasteiger partial charge in [-0.15, -0.1) is 0 Å². The lowest BCUT2D eigenvalue weighted by atomic mass is 9.92. The van der Waals surface area contributed by atoms with E-state index in [0.29, 0.717) is 19.4 Å². The Morgan fingerprint density at radius 2 is 1.92 bits per heavy atom. The Hall–Kier alpha value is -1.88. The van der Waals surface area contributed by atoms with E-state index in [1.54, 1.807) is 0 Å². The fraction of sp³-hybridized carbons (Fsp3) is 0.400. The van der Waals surface area contributed by atoms with Gasteiger partial charge >= 0.3 is 5.97 Å². The molecule has 1 atom stereocenters. The lowest BCUT2D eigenvalue weighted by molar-refractivity contribution is -0.137. The van der Waals surface area contributed by atoms with Crippen LogP contribution in [0.1, 0.15) is 37.3 Å². The van der Waals surface area contributed by atoms with Gasteiger partial charge in [0, 0.05) is 23.9 Å². The minimum Gasteiger partial charge on any atom is -0.481 e. The lowest BCUT2D eigenvalue weighted by Crippen LogP contribution is -2.26. The SMILES string of the molecule is Cc1c(Br)cc(CC(C)CC(=O)NCCCC(=O)O)c2ccccc12. The first kappa shape index (κ1) is 19.4. The summed E-state index contributed by atoms with van der Waals surface area (Å²) in [6, 6.07) is 10.5.